The van der Waals surface area contributed by atoms with Crippen LogP contribution in [0.5, 0.6) is 0 Å². The lowest BCUT2D eigenvalue weighted by Gasteiger charge is -2.37. The fourth-order valence-electron chi connectivity index (χ4n) is 3.88. The van der Waals surface area contributed by atoms with Crippen molar-refractivity contribution in [3.63, 3.8) is 0 Å². The summed E-state index contributed by atoms with van der Waals surface area (Å²) in [5, 5.41) is 2.59. The number of piperazine rings is 1. The third-order valence-electron chi connectivity index (χ3n) is 5.53. The number of nitrogens with zero attached hydrogens (tertiary/aromatic N) is 3. The lowest BCUT2D eigenvalue weighted by Crippen LogP contribution is -2.51. The number of guanidine groups is 1. The molecule has 1 saturated heterocycles. The zero-order valence-electron chi connectivity index (χ0n) is 16.2. The highest BCUT2D eigenvalue weighted by atomic mass is 19.1. The summed E-state index contributed by atoms with van der Waals surface area (Å²) in [5.41, 5.74) is 5.73. The van der Waals surface area contributed by atoms with Crippen LogP contribution in [-0.2, 0) is 4.79 Å². The van der Waals surface area contributed by atoms with E-state index in [2.05, 4.69) is 15.2 Å². The molecule has 1 aromatic rings. The van der Waals surface area contributed by atoms with Crippen LogP contribution in [-0.4, -0.2) is 60.9 Å². The molecule has 0 atom stereocenters. The Morgan fingerprint density at radius 1 is 1.14 bits per heavy atom. The molecule has 28 heavy (non-hydrogen) atoms. The highest BCUT2D eigenvalue weighted by Crippen LogP contribution is 2.25. The minimum absolute atomic E-state index is 0.0314. The zero-order chi connectivity index (χ0) is 19.9. The first-order chi connectivity index (χ1) is 13.5. The summed E-state index contributed by atoms with van der Waals surface area (Å²) < 4.78 is 26.8. The van der Waals surface area contributed by atoms with Crippen LogP contribution in [0.25, 0.3) is 0 Å². The van der Waals surface area contributed by atoms with Crippen molar-refractivity contribution in [3.05, 3.63) is 29.8 Å². The second-order valence-corrected chi connectivity index (χ2v) is 7.52. The number of carbonyl (C=O) groups excluding carboxylic acids is 1. The van der Waals surface area contributed by atoms with Crippen LogP contribution in [0.2, 0.25) is 0 Å². The number of anilines is 1. The second kappa shape index (κ2) is 9.82. The molecule has 0 spiro atoms. The topological polar surface area (TPSA) is 74.0 Å². The predicted molar refractivity (Wildman–Crippen MR) is 106 cm³/mol. The number of halogens is 2. The molecule has 0 aromatic heterocycles. The number of nitrogens with one attached hydrogen (secondary N) is 1. The fourth-order valence-corrected chi connectivity index (χ4v) is 3.88. The molecule has 0 radical (unpaired) electrons. The first-order valence-corrected chi connectivity index (χ1v) is 10.1. The van der Waals surface area contributed by atoms with Crippen LogP contribution in [0, 0.1) is 17.6 Å². The summed E-state index contributed by atoms with van der Waals surface area (Å²) in [6.07, 6.45) is 5.66. The van der Waals surface area contributed by atoms with Crippen molar-refractivity contribution in [2.24, 2.45) is 16.6 Å². The number of amides is 1. The molecule has 1 saturated carbocycles. The van der Waals surface area contributed by atoms with Gasteiger partial charge in [0.05, 0.1) is 12.2 Å². The van der Waals surface area contributed by atoms with Crippen molar-refractivity contribution in [3.8, 4) is 0 Å². The van der Waals surface area contributed by atoms with E-state index in [1.165, 1.54) is 19.3 Å². The first-order valence-electron chi connectivity index (χ1n) is 10.1. The lowest BCUT2D eigenvalue weighted by molar-refractivity contribution is -0.138. The van der Waals surface area contributed by atoms with Crippen molar-refractivity contribution in [2.45, 2.75) is 32.1 Å². The molecule has 2 fully saturated rings. The molecular weight excluding hydrogens is 364 g/mol. The number of rotatable bonds is 5. The Morgan fingerprint density at radius 2 is 1.86 bits per heavy atom. The van der Waals surface area contributed by atoms with E-state index in [1.807, 2.05) is 4.90 Å². The molecule has 1 aliphatic heterocycles. The molecule has 3 rings (SSSR count). The summed E-state index contributed by atoms with van der Waals surface area (Å²) in [5.74, 6) is -0.534. The lowest BCUT2D eigenvalue weighted by atomic mass is 9.88. The Hall–Kier alpha value is -2.22. The monoisotopic (exact) mass is 393 g/mol. The molecule has 2 aliphatic rings. The van der Waals surface area contributed by atoms with E-state index >= 15 is 0 Å². The van der Waals surface area contributed by atoms with Crippen LogP contribution >= 0.6 is 0 Å². The van der Waals surface area contributed by atoms with E-state index < -0.39 is 11.6 Å². The molecule has 0 bridgehead atoms. The molecule has 6 nitrogen and oxygen atoms in total. The van der Waals surface area contributed by atoms with E-state index in [4.69, 9.17) is 5.73 Å². The smallest absolute Gasteiger partial charge is 0.225 e. The van der Waals surface area contributed by atoms with Gasteiger partial charge in [-0.15, -0.1) is 0 Å². The Bertz CT molecular complexity index is 698. The molecule has 0 unspecified atom stereocenters. The van der Waals surface area contributed by atoms with E-state index in [-0.39, 0.29) is 17.6 Å². The largest absolute Gasteiger partial charge is 0.370 e. The number of benzene rings is 1. The van der Waals surface area contributed by atoms with Crippen molar-refractivity contribution >= 4 is 17.6 Å². The van der Waals surface area contributed by atoms with Crippen molar-refractivity contribution in [2.75, 3.05) is 44.6 Å². The van der Waals surface area contributed by atoms with Gasteiger partial charge in [0.1, 0.15) is 11.6 Å². The molecule has 1 aliphatic carbocycles. The summed E-state index contributed by atoms with van der Waals surface area (Å²) in [4.78, 5) is 21.0. The summed E-state index contributed by atoms with van der Waals surface area (Å²) in [6, 6.07) is 3.13. The van der Waals surface area contributed by atoms with Gasteiger partial charge >= 0.3 is 0 Å². The minimum atomic E-state index is -0.585. The molecular formula is C20H29F2N5O. The highest BCUT2D eigenvalue weighted by molar-refractivity contribution is 5.92. The van der Waals surface area contributed by atoms with Crippen LogP contribution in [0.3, 0.4) is 0 Å². The number of hydrogen-bond donors (Lipinski definition) is 2. The van der Waals surface area contributed by atoms with Gasteiger partial charge in [-0.1, -0.05) is 19.3 Å². The molecule has 1 heterocycles. The van der Waals surface area contributed by atoms with Gasteiger partial charge in [0.25, 0.3) is 0 Å². The Morgan fingerprint density at radius 3 is 2.57 bits per heavy atom. The van der Waals surface area contributed by atoms with Gasteiger partial charge in [-0.25, -0.2) is 8.78 Å². The number of carbonyl (C=O) groups is 1. The van der Waals surface area contributed by atoms with Gasteiger partial charge in [0.2, 0.25) is 5.91 Å². The predicted octanol–water partition coefficient (Wildman–Crippen LogP) is 2.42. The average molecular weight is 393 g/mol. The van der Waals surface area contributed by atoms with Gasteiger partial charge < -0.3 is 16.0 Å². The van der Waals surface area contributed by atoms with Gasteiger partial charge in [-0.2, -0.15) is 0 Å². The normalized spacial score (nSPS) is 19.6. The zero-order valence-corrected chi connectivity index (χ0v) is 16.2. The quantitative estimate of drug-likeness (QED) is 0.595. The van der Waals surface area contributed by atoms with Gasteiger partial charge in [0, 0.05) is 44.7 Å². The van der Waals surface area contributed by atoms with E-state index in [1.54, 1.807) is 0 Å². The summed E-state index contributed by atoms with van der Waals surface area (Å²) in [6.45, 7) is 4.30. The van der Waals surface area contributed by atoms with Crippen molar-refractivity contribution in [1.82, 2.24) is 9.80 Å². The molecule has 8 heteroatoms. The summed E-state index contributed by atoms with van der Waals surface area (Å²) in [7, 11) is 0. The van der Waals surface area contributed by atoms with Crippen LogP contribution in [0.15, 0.2) is 23.2 Å². The van der Waals surface area contributed by atoms with Crippen LogP contribution in [0.1, 0.15) is 32.1 Å². The van der Waals surface area contributed by atoms with E-state index in [0.29, 0.717) is 19.0 Å². The van der Waals surface area contributed by atoms with E-state index in [0.717, 1.165) is 57.2 Å². The maximum absolute atomic E-state index is 13.6. The SMILES string of the molecule is NC(=NCCN1CCN(C(=O)C2CCCCC2)CC1)Nc1cc(F)ccc1F. The van der Waals surface area contributed by atoms with Gasteiger partial charge in [-0.05, 0) is 25.0 Å². The third kappa shape index (κ3) is 5.64. The van der Waals surface area contributed by atoms with Gasteiger partial charge in [-0.3, -0.25) is 14.7 Å². The van der Waals surface area contributed by atoms with Crippen molar-refractivity contribution < 1.29 is 13.6 Å². The van der Waals surface area contributed by atoms with E-state index in [9.17, 15) is 13.6 Å². The first kappa shape index (κ1) is 20.5. The van der Waals surface area contributed by atoms with Gasteiger partial charge in [0.15, 0.2) is 5.96 Å². The molecule has 3 N–H and O–H groups in total. The Balaban J connectivity index is 1.39. The standard InChI is InChI=1S/C20H29F2N5O/c21-16-6-7-17(22)18(14-16)25-20(23)24-8-9-26-10-12-27(13-11-26)19(28)15-4-2-1-3-5-15/h6-7,14-15H,1-5,8-13H2,(H3,23,24,25). The van der Waals surface area contributed by atoms with Crippen LogP contribution < -0.4 is 11.1 Å². The Kier molecular flexibility index (Phi) is 7.19. The van der Waals surface area contributed by atoms with Crippen molar-refractivity contribution in [1.29, 1.82) is 0 Å². The number of nitrogens with two attached hydrogens (primary N) is 1. The molecule has 1 amide bonds. The number of hydrogen-bond acceptors (Lipinski definition) is 3. The maximum Gasteiger partial charge on any atom is 0.225 e. The average Bonchev–Trinajstić information content (AvgIpc) is 2.71. The summed E-state index contributed by atoms with van der Waals surface area (Å²) >= 11 is 0. The van der Waals surface area contributed by atoms with Crippen LogP contribution in [0.4, 0.5) is 14.5 Å². The Labute approximate surface area is 164 Å². The third-order valence-corrected chi connectivity index (χ3v) is 5.53. The highest BCUT2D eigenvalue weighted by Gasteiger charge is 2.28. The second-order valence-electron chi connectivity index (χ2n) is 7.52. The molecule has 1 aromatic carbocycles. The molecule has 154 valence electrons. The fraction of sp³-hybridized carbons (Fsp3) is 0.600. The minimum Gasteiger partial charge on any atom is -0.370 e. The maximum atomic E-state index is 13.6. The number of aliphatic imine (C=N–C) groups is 1.